The van der Waals surface area contributed by atoms with E-state index in [1.165, 1.54) is 7.11 Å². The lowest BCUT2D eigenvalue weighted by atomic mass is 9.99. The van der Waals surface area contributed by atoms with Gasteiger partial charge in [-0.3, -0.25) is 4.40 Å². The van der Waals surface area contributed by atoms with Gasteiger partial charge >= 0.3 is 5.97 Å². The van der Waals surface area contributed by atoms with Crippen LogP contribution in [-0.4, -0.2) is 40.7 Å². The number of fused-ring (bicyclic) bond motifs is 1. The van der Waals surface area contributed by atoms with E-state index in [0.29, 0.717) is 11.3 Å². The molecule has 1 atom stereocenters. The highest BCUT2D eigenvalue weighted by Gasteiger charge is 2.25. The molecule has 1 aliphatic rings. The van der Waals surface area contributed by atoms with Crippen LogP contribution in [0, 0.1) is 0 Å². The molecule has 1 unspecified atom stereocenters. The molecule has 0 amide bonds. The molecule has 2 N–H and O–H groups in total. The molecule has 1 fully saturated rings. The Morgan fingerprint density at radius 3 is 3.10 bits per heavy atom. The van der Waals surface area contributed by atoms with E-state index in [0.717, 1.165) is 31.8 Å². The Balaban J connectivity index is 2.20. The third kappa shape index (κ3) is 2.02. The summed E-state index contributed by atoms with van der Waals surface area (Å²) in [4.78, 5) is 15.8. The Hall–Kier alpha value is -2.08. The minimum absolute atomic E-state index is 0.0584. The SMILES string of the molecule is COc1cccn2c(C3CCCNC3)nc(C(=O)O)c12. The van der Waals surface area contributed by atoms with Gasteiger partial charge in [-0.15, -0.1) is 0 Å². The van der Waals surface area contributed by atoms with Gasteiger partial charge in [0.05, 0.1) is 7.11 Å². The molecule has 3 heterocycles. The van der Waals surface area contributed by atoms with Crippen molar-refractivity contribution < 1.29 is 14.6 Å². The van der Waals surface area contributed by atoms with Crippen LogP contribution in [0.1, 0.15) is 35.1 Å². The number of nitrogens with one attached hydrogen (secondary N) is 1. The van der Waals surface area contributed by atoms with Crippen molar-refractivity contribution in [1.82, 2.24) is 14.7 Å². The average Bonchev–Trinajstić information content (AvgIpc) is 2.88. The maximum atomic E-state index is 11.4. The van der Waals surface area contributed by atoms with Crippen molar-refractivity contribution in [2.45, 2.75) is 18.8 Å². The zero-order valence-electron chi connectivity index (χ0n) is 11.3. The summed E-state index contributed by atoms with van der Waals surface area (Å²) in [6, 6.07) is 3.60. The molecule has 106 valence electrons. The van der Waals surface area contributed by atoms with Gasteiger partial charge in [-0.1, -0.05) is 0 Å². The lowest BCUT2D eigenvalue weighted by molar-refractivity contribution is 0.0693. The molecule has 0 saturated carbocycles. The van der Waals surface area contributed by atoms with Crippen LogP contribution in [0.3, 0.4) is 0 Å². The minimum Gasteiger partial charge on any atom is -0.494 e. The summed E-state index contributed by atoms with van der Waals surface area (Å²) < 4.78 is 7.13. The molecule has 2 aromatic rings. The number of imidazole rings is 1. The third-order valence-corrected chi connectivity index (χ3v) is 3.74. The molecule has 0 bridgehead atoms. The lowest BCUT2D eigenvalue weighted by Gasteiger charge is -2.21. The van der Waals surface area contributed by atoms with Crippen LogP contribution in [0.15, 0.2) is 18.3 Å². The summed E-state index contributed by atoms with van der Waals surface area (Å²) in [6.45, 7) is 1.84. The number of carboxylic acids is 1. The number of carbonyl (C=O) groups is 1. The Labute approximate surface area is 116 Å². The molecular formula is C14H17N3O3. The van der Waals surface area contributed by atoms with Gasteiger partial charge in [0.1, 0.15) is 17.1 Å². The topological polar surface area (TPSA) is 75.9 Å². The summed E-state index contributed by atoms with van der Waals surface area (Å²) in [5.74, 6) is 0.536. The van der Waals surface area contributed by atoms with Gasteiger partial charge in [-0.2, -0.15) is 0 Å². The highest BCUT2D eigenvalue weighted by Crippen LogP contribution is 2.29. The first-order valence-corrected chi connectivity index (χ1v) is 6.71. The Bertz CT molecular complexity index is 644. The second-order valence-electron chi connectivity index (χ2n) is 4.96. The fraction of sp³-hybridized carbons (Fsp3) is 0.429. The van der Waals surface area contributed by atoms with Crippen LogP contribution in [0.25, 0.3) is 5.52 Å². The number of nitrogens with zero attached hydrogens (tertiary/aromatic N) is 2. The average molecular weight is 275 g/mol. The summed E-state index contributed by atoms with van der Waals surface area (Å²) >= 11 is 0. The lowest BCUT2D eigenvalue weighted by Crippen LogP contribution is -2.29. The standard InChI is InChI=1S/C14H17N3O3/c1-20-10-5-3-7-17-12(10)11(14(18)19)16-13(17)9-4-2-6-15-8-9/h3,5,7,9,15H,2,4,6,8H2,1H3,(H,18,19). The van der Waals surface area contributed by atoms with Gasteiger partial charge in [-0.25, -0.2) is 9.78 Å². The van der Waals surface area contributed by atoms with Gasteiger partial charge in [-0.05, 0) is 31.5 Å². The van der Waals surface area contributed by atoms with Crippen molar-refractivity contribution in [1.29, 1.82) is 0 Å². The molecule has 0 aromatic carbocycles. The normalized spacial score (nSPS) is 19.1. The van der Waals surface area contributed by atoms with E-state index in [1.54, 1.807) is 6.07 Å². The molecule has 0 spiro atoms. The van der Waals surface area contributed by atoms with Crippen molar-refractivity contribution in [3.63, 3.8) is 0 Å². The van der Waals surface area contributed by atoms with Gasteiger partial charge < -0.3 is 15.2 Å². The van der Waals surface area contributed by atoms with E-state index >= 15 is 0 Å². The fourth-order valence-electron chi connectivity index (χ4n) is 2.81. The van der Waals surface area contributed by atoms with Crippen molar-refractivity contribution in [3.8, 4) is 5.75 Å². The number of aromatic nitrogens is 2. The van der Waals surface area contributed by atoms with Gasteiger partial charge in [0.15, 0.2) is 5.69 Å². The molecular weight excluding hydrogens is 258 g/mol. The fourth-order valence-corrected chi connectivity index (χ4v) is 2.81. The van der Waals surface area contributed by atoms with E-state index < -0.39 is 5.97 Å². The largest absolute Gasteiger partial charge is 0.494 e. The predicted octanol–water partition coefficient (Wildman–Crippen LogP) is 1.51. The molecule has 0 aliphatic carbocycles. The van der Waals surface area contributed by atoms with E-state index in [9.17, 15) is 9.90 Å². The van der Waals surface area contributed by atoms with E-state index in [2.05, 4.69) is 10.3 Å². The summed E-state index contributed by atoms with van der Waals surface area (Å²) in [5, 5.41) is 12.7. The zero-order chi connectivity index (χ0) is 14.1. The number of ether oxygens (including phenoxy) is 1. The highest BCUT2D eigenvalue weighted by atomic mass is 16.5. The molecule has 2 aromatic heterocycles. The molecule has 20 heavy (non-hydrogen) atoms. The van der Waals surface area contributed by atoms with E-state index in [1.807, 2.05) is 16.7 Å². The molecule has 0 radical (unpaired) electrons. The Morgan fingerprint density at radius 1 is 1.60 bits per heavy atom. The Morgan fingerprint density at radius 2 is 2.45 bits per heavy atom. The molecule has 6 nitrogen and oxygen atoms in total. The van der Waals surface area contributed by atoms with E-state index in [4.69, 9.17) is 4.74 Å². The first kappa shape index (κ1) is 12.9. The predicted molar refractivity (Wildman–Crippen MR) is 73.5 cm³/mol. The molecule has 6 heteroatoms. The van der Waals surface area contributed by atoms with Gasteiger partial charge in [0.25, 0.3) is 0 Å². The van der Waals surface area contributed by atoms with Crippen molar-refractivity contribution in [3.05, 3.63) is 29.8 Å². The van der Waals surface area contributed by atoms with Crippen LogP contribution < -0.4 is 10.1 Å². The number of hydrogen-bond acceptors (Lipinski definition) is 4. The summed E-state index contributed by atoms with van der Waals surface area (Å²) in [6.07, 6.45) is 3.94. The number of pyridine rings is 1. The first-order valence-electron chi connectivity index (χ1n) is 6.71. The van der Waals surface area contributed by atoms with Crippen molar-refractivity contribution in [2.75, 3.05) is 20.2 Å². The number of hydrogen-bond donors (Lipinski definition) is 2. The summed E-state index contributed by atoms with van der Waals surface area (Å²) in [5.41, 5.74) is 0.589. The number of piperidine rings is 1. The molecule has 1 saturated heterocycles. The first-order chi connectivity index (χ1) is 9.72. The van der Waals surface area contributed by atoms with Crippen LogP contribution in [0.2, 0.25) is 0 Å². The van der Waals surface area contributed by atoms with E-state index in [-0.39, 0.29) is 11.6 Å². The van der Waals surface area contributed by atoms with Crippen LogP contribution in [-0.2, 0) is 0 Å². The van der Waals surface area contributed by atoms with Gasteiger partial charge in [0.2, 0.25) is 0 Å². The number of aromatic carboxylic acids is 1. The maximum Gasteiger partial charge on any atom is 0.356 e. The second-order valence-corrected chi connectivity index (χ2v) is 4.96. The van der Waals surface area contributed by atoms with Crippen LogP contribution in [0.4, 0.5) is 0 Å². The summed E-state index contributed by atoms with van der Waals surface area (Å²) in [7, 11) is 1.54. The van der Waals surface area contributed by atoms with Crippen molar-refractivity contribution >= 4 is 11.5 Å². The zero-order valence-corrected chi connectivity index (χ0v) is 11.3. The molecule has 3 rings (SSSR count). The van der Waals surface area contributed by atoms with Crippen LogP contribution >= 0.6 is 0 Å². The second kappa shape index (κ2) is 5.13. The maximum absolute atomic E-state index is 11.4. The highest BCUT2D eigenvalue weighted by molar-refractivity contribution is 5.95. The number of methoxy groups -OCH3 is 1. The third-order valence-electron chi connectivity index (χ3n) is 3.74. The number of rotatable bonds is 3. The smallest absolute Gasteiger partial charge is 0.356 e. The van der Waals surface area contributed by atoms with Crippen molar-refractivity contribution in [2.24, 2.45) is 0 Å². The Kier molecular flexibility index (Phi) is 3.31. The molecule has 1 aliphatic heterocycles. The minimum atomic E-state index is -1.03. The van der Waals surface area contributed by atoms with Crippen LogP contribution in [0.5, 0.6) is 5.75 Å². The monoisotopic (exact) mass is 275 g/mol. The quantitative estimate of drug-likeness (QED) is 0.888. The number of carboxylic acid groups (broad SMARTS) is 1. The van der Waals surface area contributed by atoms with Gasteiger partial charge in [0, 0.05) is 18.7 Å².